The first kappa shape index (κ1) is 21.7. The number of hydrogen-bond acceptors (Lipinski definition) is 7. The van der Waals surface area contributed by atoms with Gasteiger partial charge in [0.05, 0.1) is 16.4 Å². The molecule has 154 valence electrons. The average molecular weight is 451 g/mol. The first-order valence-electron chi connectivity index (χ1n) is 9.17. The van der Waals surface area contributed by atoms with Crippen molar-refractivity contribution in [2.75, 3.05) is 4.90 Å². The van der Waals surface area contributed by atoms with Crippen molar-refractivity contribution in [2.45, 2.75) is 52.1 Å². The molecule has 0 aliphatic carbocycles. The molecule has 0 N–H and O–H groups in total. The van der Waals surface area contributed by atoms with Gasteiger partial charge >= 0.3 is 0 Å². The van der Waals surface area contributed by atoms with Crippen LogP contribution in [0.5, 0.6) is 0 Å². The normalized spacial score (nSPS) is 11.3. The molecule has 3 rings (SSSR count). The van der Waals surface area contributed by atoms with Crippen LogP contribution in [0.1, 0.15) is 37.6 Å². The number of benzene rings is 1. The van der Waals surface area contributed by atoms with Crippen molar-refractivity contribution in [1.29, 1.82) is 0 Å². The predicted molar refractivity (Wildman–Crippen MR) is 118 cm³/mol. The van der Waals surface area contributed by atoms with Crippen molar-refractivity contribution in [3.05, 3.63) is 39.4 Å². The van der Waals surface area contributed by atoms with Crippen LogP contribution >= 0.6 is 34.7 Å². The lowest BCUT2D eigenvalue weighted by atomic mass is 10.1. The lowest BCUT2D eigenvalue weighted by Gasteiger charge is -2.22. The third kappa shape index (κ3) is 5.15. The summed E-state index contributed by atoms with van der Waals surface area (Å²) in [6.07, 6.45) is 0. The molecule has 29 heavy (non-hydrogen) atoms. The summed E-state index contributed by atoms with van der Waals surface area (Å²) in [5.41, 5.74) is 3.53. The standard InChI is InChI=1S/C19H23ClN6OS2/c1-11(2)8-25-19(22-23-24-25)29-10-15-9-28-18(21-15)26(14(5)27)17-13(4)6-12(3)7-16(17)20/h6-7,9,11H,8,10H2,1-5H3. The fourth-order valence-electron chi connectivity index (χ4n) is 2.94. The minimum Gasteiger partial charge on any atom is -0.274 e. The van der Waals surface area contributed by atoms with Gasteiger partial charge in [-0.1, -0.05) is 43.3 Å². The molecule has 1 aromatic carbocycles. The highest BCUT2D eigenvalue weighted by atomic mass is 35.5. The smallest absolute Gasteiger partial charge is 0.230 e. The molecular formula is C19H23ClN6OS2. The number of aryl methyl sites for hydroxylation is 2. The van der Waals surface area contributed by atoms with Crippen LogP contribution in [-0.2, 0) is 17.1 Å². The monoisotopic (exact) mass is 450 g/mol. The summed E-state index contributed by atoms with van der Waals surface area (Å²) in [6.45, 7) is 10.5. The predicted octanol–water partition coefficient (Wildman–Crippen LogP) is 5.03. The number of aromatic nitrogens is 5. The zero-order chi connectivity index (χ0) is 21.1. The summed E-state index contributed by atoms with van der Waals surface area (Å²) in [7, 11) is 0. The first-order valence-corrected chi connectivity index (χ1v) is 11.4. The number of nitrogens with zero attached hydrogens (tertiary/aromatic N) is 6. The molecule has 0 atom stereocenters. The Balaban J connectivity index is 1.81. The van der Waals surface area contributed by atoms with Crippen molar-refractivity contribution < 1.29 is 4.79 Å². The number of anilines is 2. The molecule has 0 fully saturated rings. The Hall–Kier alpha value is -1.97. The van der Waals surface area contributed by atoms with E-state index in [0.717, 1.165) is 28.5 Å². The lowest BCUT2D eigenvalue weighted by molar-refractivity contribution is -0.115. The molecule has 0 radical (unpaired) electrons. The third-order valence-corrected chi connectivity index (χ3v) is 6.21. The minimum atomic E-state index is -0.131. The molecule has 0 unspecified atom stereocenters. The number of rotatable bonds is 7. The Bertz CT molecular complexity index is 993. The van der Waals surface area contributed by atoms with Gasteiger partial charge in [-0.25, -0.2) is 9.67 Å². The summed E-state index contributed by atoms with van der Waals surface area (Å²) in [6, 6.07) is 3.87. The van der Waals surface area contributed by atoms with E-state index in [1.165, 1.54) is 30.0 Å². The van der Waals surface area contributed by atoms with E-state index in [-0.39, 0.29) is 5.91 Å². The number of halogens is 1. The van der Waals surface area contributed by atoms with Crippen molar-refractivity contribution in [2.24, 2.45) is 5.92 Å². The summed E-state index contributed by atoms with van der Waals surface area (Å²) in [4.78, 5) is 18.7. The van der Waals surface area contributed by atoms with Crippen molar-refractivity contribution >= 4 is 51.4 Å². The Labute approximate surface area is 183 Å². The highest BCUT2D eigenvalue weighted by Crippen LogP contribution is 2.38. The van der Waals surface area contributed by atoms with Crippen LogP contribution in [-0.4, -0.2) is 31.1 Å². The Morgan fingerprint density at radius 3 is 2.76 bits per heavy atom. The van der Waals surface area contributed by atoms with Gasteiger partial charge in [-0.2, -0.15) is 0 Å². The van der Waals surface area contributed by atoms with Crippen LogP contribution < -0.4 is 4.90 Å². The van der Waals surface area contributed by atoms with E-state index in [2.05, 4.69) is 34.4 Å². The third-order valence-electron chi connectivity index (χ3n) is 4.05. The lowest BCUT2D eigenvalue weighted by Crippen LogP contribution is -2.24. The second-order valence-corrected chi connectivity index (χ2v) is 9.40. The van der Waals surface area contributed by atoms with Crippen LogP contribution in [0, 0.1) is 19.8 Å². The van der Waals surface area contributed by atoms with Crippen LogP contribution in [0.25, 0.3) is 0 Å². The van der Waals surface area contributed by atoms with E-state index in [1.807, 2.05) is 31.4 Å². The number of thiazole rings is 1. The van der Waals surface area contributed by atoms with E-state index in [1.54, 1.807) is 9.58 Å². The number of carbonyl (C=O) groups excluding carboxylic acids is 1. The number of thioether (sulfide) groups is 1. The Kier molecular flexibility index (Phi) is 6.92. The van der Waals surface area contributed by atoms with Gasteiger partial charge in [-0.15, -0.1) is 16.4 Å². The van der Waals surface area contributed by atoms with E-state index in [4.69, 9.17) is 11.6 Å². The topological polar surface area (TPSA) is 76.8 Å². The summed E-state index contributed by atoms with van der Waals surface area (Å²) in [5, 5.41) is 15.7. The molecule has 0 bridgehead atoms. The average Bonchev–Trinajstić information content (AvgIpc) is 3.24. The fraction of sp³-hybridized carbons (Fsp3) is 0.421. The van der Waals surface area contributed by atoms with Crippen LogP contribution in [0.3, 0.4) is 0 Å². The van der Waals surface area contributed by atoms with Crippen LogP contribution in [0.4, 0.5) is 10.8 Å². The molecule has 0 saturated carbocycles. The van der Waals surface area contributed by atoms with Gasteiger partial charge in [0.25, 0.3) is 0 Å². The van der Waals surface area contributed by atoms with E-state index < -0.39 is 0 Å². The quantitative estimate of drug-likeness (QED) is 0.469. The van der Waals surface area contributed by atoms with E-state index in [0.29, 0.717) is 27.5 Å². The SMILES string of the molecule is CC(=O)N(c1nc(CSc2nnnn2CC(C)C)cs1)c1c(C)cc(C)cc1Cl. The van der Waals surface area contributed by atoms with Gasteiger partial charge in [-0.05, 0) is 47.4 Å². The second-order valence-electron chi connectivity index (χ2n) is 7.21. The maximum absolute atomic E-state index is 12.4. The molecule has 2 heterocycles. The molecule has 0 aliphatic rings. The van der Waals surface area contributed by atoms with Crippen molar-refractivity contribution in [3.8, 4) is 0 Å². The van der Waals surface area contributed by atoms with E-state index in [9.17, 15) is 4.79 Å². The highest BCUT2D eigenvalue weighted by Gasteiger charge is 2.23. The molecule has 10 heteroatoms. The van der Waals surface area contributed by atoms with Crippen LogP contribution in [0.2, 0.25) is 5.02 Å². The molecule has 1 amide bonds. The van der Waals surface area contributed by atoms with Gasteiger partial charge in [0.1, 0.15) is 0 Å². The molecule has 0 saturated heterocycles. The van der Waals surface area contributed by atoms with E-state index >= 15 is 0 Å². The summed E-state index contributed by atoms with van der Waals surface area (Å²) < 4.78 is 1.81. The van der Waals surface area contributed by atoms with Gasteiger partial charge in [0.15, 0.2) is 5.13 Å². The molecule has 3 aromatic rings. The maximum Gasteiger partial charge on any atom is 0.230 e. The van der Waals surface area contributed by atoms with Gasteiger partial charge < -0.3 is 0 Å². The van der Waals surface area contributed by atoms with Gasteiger partial charge in [-0.3, -0.25) is 9.69 Å². The summed E-state index contributed by atoms with van der Waals surface area (Å²) in [5.74, 6) is 0.935. The Morgan fingerprint density at radius 2 is 2.10 bits per heavy atom. The highest BCUT2D eigenvalue weighted by molar-refractivity contribution is 7.98. The molecule has 2 aromatic heterocycles. The molecule has 0 aliphatic heterocycles. The van der Waals surface area contributed by atoms with Gasteiger partial charge in [0, 0.05) is 24.6 Å². The minimum absolute atomic E-state index is 0.131. The van der Waals surface area contributed by atoms with Crippen molar-refractivity contribution in [3.63, 3.8) is 0 Å². The summed E-state index contributed by atoms with van der Waals surface area (Å²) >= 11 is 9.42. The molecular weight excluding hydrogens is 428 g/mol. The van der Waals surface area contributed by atoms with Crippen molar-refractivity contribution in [1.82, 2.24) is 25.2 Å². The first-order chi connectivity index (χ1) is 13.8. The largest absolute Gasteiger partial charge is 0.274 e. The Morgan fingerprint density at radius 1 is 1.34 bits per heavy atom. The van der Waals surface area contributed by atoms with Crippen LogP contribution in [0.15, 0.2) is 22.7 Å². The fourth-order valence-corrected chi connectivity index (χ4v) is 5.11. The number of hydrogen-bond donors (Lipinski definition) is 0. The zero-order valence-electron chi connectivity index (χ0n) is 17.0. The molecule has 0 spiro atoms. The number of amides is 1. The number of carbonyl (C=O) groups is 1. The second kappa shape index (κ2) is 9.23. The maximum atomic E-state index is 12.4. The number of tetrazole rings is 1. The molecule has 7 nitrogen and oxygen atoms in total. The zero-order valence-corrected chi connectivity index (χ0v) is 19.4. The van der Waals surface area contributed by atoms with Gasteiger partial charge in [0.2, 0.25) is 11.1 Å².